The van der Waals surface area contributed by atoms with Crippen molar-refractivity contribution in [3.63, 3.8) is 0 Å². The van der Waals surface area contributed by atoms with Crippen LogP contribution in [0.5, 0.6) is 0 Å². The molecule has 0 aliphatic heterocycles. The standard InChI is InChI=1S/C14H12F3NOS/c1-9-8-20-13(18-9)7-12(19)6-10-2-4-11(5-3-10)14(15,16)17/h2-5,8H,6-7H2,1H3. The molecule has 0 saturated carbocycles. The molecular weight excluding hydrogens is 287 g/mol. The van der Waals surface area contributed by atoms with E-state index in [2.05, 4.69) is 4.98 Å². The van der Waals surface area contributed by atoms with E-state index in [1.807, 2.05) is 12.3 Å². The third-order valence-corrected chi connectivity index (χ3v) is 3.66. The minimum atomic E-state index is -4.35. The molecule has 0 aliphatic carbocycles. The fourth-order valence-electron chi connectivity index (χ4n) is 1.75. The Morgan fingerprint density at radius 3 is 2.35 bits per heavy atom. The number of thiazole rings is 1. The second-order valence-corrected chi connectivity index (χ2v) is 5.41. The molecule has 0 aliphatic rings. The highest BCUT2D eigenvalue weighted by Crippen LogP contribution is 2.29. The van der Waals surface area contributed by atoms with Gasteiger partial charge in [-0.15, -0.1) is 11.3 Å². The fourth-order valence-corrected chi connectivity index (χ4v) is 2.55. The summed E-state index contributed by atoms with van der Waals surface area (Å²) in [5.41, 5.74) is 0.743. The Bertz CT molecular complexity index is 602. The molecule has 0 N–H and O–H groups in total. The maximum atomic E-state index is 12.4. The van der Waals surface area contributed by atoms with E-state index in [0.29, 0.717) is 5.56 Å². The Labute approximate surface area is 118 Å². The summed E-state index contributed by atoms with van der Waals surface area (Å²) < 4.78 is 37.2. The molecule has 2 nitrogen and oxygen atoms in total. The number of rotatable bonds is 4. The van der Waals surface area contributed by atoms with Crippen LogP contribution in [-0.2, 0) is 23.8 Å². The summed E-state index contributed by atoms with van der Waals surface area (Å²) >= 11 is 1.41. The number of hydrogen-bond donors (Lipinski definition) is 0. The molecular formula is C14H12F3NOS. The highest BCUT2D eigenvalue weighted by atomic mass is 32.1. The number of alkyl halides is 3. The highest BCUT2D eigenvalue weighted by Gasteiger charge is 2.29. The maximum absolute atomic E-state index is 12.4. The second-order valence-electron chi connectivity index (χ2n) is 4.47. The third-order valence-electron chi connectivity index (χ3n) is 2.70. The number of carbonyl (C=O) groups is 1. The normalized spacial score (nSPS) is 11.6. The van der Waals surface area contributed by atoms with Gasteiger partial charge in [-0.2, -0.15) is 13.2 Å². The number of nitrogens with zero attached hydrogens (tertiary/aromatic N) is 1. The SMILES string of the molecule is Cc1csc(CC(=O)Cc2ccc(C(F)(F)F)cc2)n1. The van der Waals surface area contributed by atoms with E-state index >= 15 is 0 Å². The summed E-state index contributed by atoms with van der Waals surface area (Å²) in [5.74, 6) is -0.0564. The minimum absolute atomic E-state index is 0.0564. The van der Waals surface area contributed by atoms with E-state index in [1.165, 1.54) is 23.5 Å². The van der Waals surface area contributed by atoms with Crippen LogP contribution in [0.1, 0.15) is 21.8 Å². The van der Waals surface area contributed by atoms with Crippen molar-refractivity contribution in [1.29, 1.82) is 0 Å². The van der Waals surface area contributed by atoms with Crippen LogP contribution < -0.4 is 0 Å². The van der Waals surface area contributed by atoms with E-state index in [1.54, 1.807) is 0 Å². The van der Waals surface area contributed by atoms with Crippen LogP contribution >= 0.6 is 11.3 Å². The third kappa shape index (κ3) is 3.90. The monoisotopic (exact) mass is 299 g/mol. The summed E-state index contributed by atoms with van der Waals surface area (Å²) in [4.78, 5) is 16.0. The predicted molar refractivity (Wildman–Crippen MR) is 70.7 cm³/mol. The zero-order valence-electron chi connectivity index (χ0n) is 10.7. The lowest BCUT2D eigenvalue weighted by Crippen LogP contribution is -2.08. The number of Topliss-reactive ketones (excluding diaryl/α,β-unsaturated/α-hetero) is 1. The van der Waals surface area contributed by atoms with Crippen molar-refractivity contribution in [3.05, 3.63) is 51.5 Å². The number of aromatic nitrogens is 1. The first-order chi connectivity index (χ1) is 9.34. The molecule has 0 amide bonds. The molecule has 106 valence electrons. The lowest BCUT2D eigenvalue weighted by Gasteiger charge is -2.07. The number of halogens is 3. The highest BCUT2D eigenvalue weighted by molar-refractivity contribution is 7.09. The second kappa shape index (κ2) is 5.75. The van der Waals surface area contributed by atoms with Gasteiger partial charge in [-0.3, -0.25) is 4.79 Å². The quantitative estimate of drug-likeness (QED) is 0.859. The zero-order valence-corrected chi connectivity index (χ0v) is 11.5. The molecule has 0 radical (unpaired) electrons. The summed E-state index contributed by atoms with van der Waals surface area (Å²) in [6.45, 7) is 1.85. The van der Waals surface area contributed by atoms with Gasteiger partial charge in [0.1, 0.15) is 10.8 Å². The molecule has 20 heavy (non-hydrogen) atoms. The molecule has 1 heterocycles. The Morgan fingerprint density at radius 2 is 1.85 bits per heavy atom. The molecule has 2 rings (SSSR count). The molecule has 1 aromatic heterocycles. The topological polar surface area (TPSA) is 30.0 Å². The van der Waals surface area contributed by atoms with Crippen LogP contribution in [0.15, 0.2) is 29.6 Å². The van der Waals surface area contributed by atoms with Crippen molar-refractivity contribution in [2.24, 2.45) is 0 Å². The first-order valence-electron chi connectivity index (χ1n) is 5.93. The number of ketones is 1. The van der Waals surface area contributed by atoms with Crippen molar-refractivity contribution in [2.45, 2.75) is 25.9 Å². The van der Waals surface area contributed by atoms with Gasteiger partial charge in [0.2, 0.25) is 0 Å². The number of benzene rings is 1. The lowest BCUT2D eigenvalue weighted by atomic mass is 10.1. The number of hydrogen-bond acceptors (Lipinski definition) is 3. The molecule has 0 spiro atoms. The molecule has 0 fully saturated rings. The van der Waals surface area contributed by atoms with E-state index < -0.39 is 11.7 Å². The first kappa shape index (κ1) is 14.7. The van der Waals surface area contributed by atoms with Gasteiger partial charge in [-0.05, 0) is 24.6 Å². The van der Waals surface area contributed by atoms with Crippen LogP contribution in [0.25, 0.3) is 0 Å². The summed E-state index contributed by atoms with van der Waals surface area (Å²) in [6, 6.07) is 4.67. The van der Waals surface area contributed by atoms with Gasteiger partial charge in [-0.1, -0.05) is 12.1 Å². The zero-order chi connectivity index (χ0) is 14.8. The Kier molecular flexibility index (Phi) is 4.23. The van der Waals surface area contributed by atoms with Gasteiger partial charge in [-0.25, -0.2) is 4.98 Å². The molecule has 0 bridgehead atoms. The predicted octanol–water partition coefficient (Wildman–Crippen LogP) is 3.82. The van der Waals surface area contributed by atoms with E-state index in [9.17, 15) is 18.0 Å². The molecule has 0 saturated heterocycles. The summed E-state index contributed by atoms with van der Waals surface area (Å²) in [6.07, 6.45) is -4.00. The van der Waals surface area contributed by atoms with Crippen molar-refractivity contribution < 1.29 is 18.0 Å². The maximum Gasteiger partial charge on any atom is 0.416 e. The average Bonchev–Trinajstić information content (AvgIpc) is 2.74. The van der Waals surface area contributed by atoms with Crippen molar-refractivity contribution >= 4 is 17.1 Å². The van der Waals surface area contributed by atoms with Crippen molar-refractivity contribution in [2.75, 3.05) is 0 Å². The molecule has 6 heteroatoms. The van der Waals surface area contributed by atoms with Crippen LogP contribution in [0.2, 0.25) is 0 Å². The molecule has 1 aromatic carbocycles. The average molecular weight is 299 g/mol. The first-order valence-corrected chi connectivity index (χ1v) is 6.81. The summed E-state index contributed by atoms with van der Waals surface area (Å²) in [5, 5.41) is 2.60. The van der Waals surface area contributed by atoms with Crippen molar-refractivity contribution in [3.8, 4) is 0 Å². The van der Waals surface area contributed by atoms with Gasteiger partial charge in [0, 0.05) is 17.5 Å². The smallest absolute Gasteiger partial charge is 0.299 e. The van der Waals surface area contributed by atoms with Gasteiger partial charge in [0.05, 0.1) is 12.0 Å². The Morgan fingerprint density at radius 1 is 1.20 bits per heavy atom. The minimum Gasteiger partial charge on any atom is -0.299 e. The van der Waals surface area contributed by atoms with E-state index in [-0.39, 0.29) is 18.6 Å². The van der Waals surface area contributed by atoms with E-state index in [4.69, 9.17) is 0 Å². The van der Waals surface area contributed by atoms with E-state index in [0.717, 1.165) is 22.8 Å². The van der Waals surface area contributed by atoms with Crippen LogP contribution in [0.4, 0.5) is 13.2 Å². The molecule has 2 aromatic rings. The molecule has 0 atom stereocenters. The van der Waals surface area contributed by atoms with Crippen LogP contribution in [0, 0.1) is 6.92 Å². The largest absolute Gasteiger partial charge is 0.416 e. The van der Waals surface area contributed by atoms with Crippen LogP contribution in [-0.4, -0.2) is 10.8 Å². The Hall–Kier alpha value is -1.69. The number of aryl methyl sites for hydroxylation is 1. The lowest BCUT2D eigenvalue weighted by molar-refractivity contribution is -0.137. The fraction of sp³-hybridized carbons (Fsp3) is 0.286. The van der Waals surface area contributed by atoms with Gasteiger partial charge >= 0.3 is 6.18 Å². The Balaban J connectivity index is 1.98. The number of carbonyl (C=O) groups excluding carboxylic acids is 1. The summed E-state index contributed by atoms with van der Waals surface area (Å²) in [7, 11) is 0. The van der Waals surface area contributed by atoms with Gasteiger partial charge in [0.25, 0.3) is 0 Å². The van der Waals surface area contributed by atoms with Crippen LogP contribution in [0.3, 0.4) is 0 Å². The molecule has 0 unspecified atom stereocenters. The van der Waals surface area contributed by atoms with Gasteiger partial charge < -0.3 is 0 Å². The van der Waals surface area contributed by atoms with Gasteiger partial charge in [0.15, 0.2) is 0 Å². The van der Waals surface area contributed by atoms with Crippen molar-refractivity contribution in [1.82, 2.24) is 4.98 Å².